The van der Waals surface area contributed by atoms with Gasteiger partial charge in [0.25, 0.3) is 0 Å². The molecule has 1 amide bonds. The van der Waals surface area contributed by atoms with Gasteiger partial charge in [-0.25, -0.2) is 0 Å². The van der Waals surface area contributed by atoms with Gasteiger partial charge in [-0.1, -0.05) is 0 Å². The summed E-state index contributed by atoms with van der Waals surface area (Å²) in [6.45, 7) is 0.284. The summed E-state index contributed by atoms with van der Waals surface area (Å²) in [5.74, 6) is 1.33. The van der Waals surface area contributed by atoms with Crippen molar-refractivity contribution in [2.24, 2.45) is 5.73 Å². The number of benzene rings is 1. The third-order valence-corrected chi connectivity index (χ3v) is 2.35. The number of rotatable bonds is 6. The molecule has 0 fully saturated rings. The number of anilines is 1. The Morgan fingerprint density at radius 1 is 1.17 bits per heavy atom. The first-order valence-electron chi connectivity index (χ1n) is 5.46. The normalized spacial score (nSPS) is 9.78. The van der Waals surface area contributed by atoms with E-state index >= 15 is 0 Å². The molecule has 6 nitrogen and oxygen atoms in total. The standard InChI is InChI=1S/C12H18N2O4/c1-16-8-6-9(17-2)12(10(7-8)18-3)14-11(15)4-5-13/h6-7H,4-5,13H2,1-3H3,(H,14,15). The smallest absolute Gasteiger partial charge is 0.225 e. The Kier molecular flexibility index (Phi) is 5.26. The van der Waals surface area contributed by atoms with Crippen LogP contribution in [0.2, 0.25) is 0 Å². The molecule has 0 aliphatic heterocycles. The molecule has 100 valence electrons. The van der Waals surface area contributed by atoms with Crippen molar-refractivity contribution < 1.29 is 19.0 Å². The zero-order valence-electron chi connectivity index (χ0n) is 10.8. The Morgan fingerprint density at radius 3 is 2.11 bits per heavy atom. The Balaban J connectivity index is 3.10. The Morgan fingerprint density at radius 2 is 1.72 bits per heavy atom. The molecular weight excluding hydrogens is 236 g/mol. The fourth-order valence-electron chi connectivity index (χ4n) is 1.46. The lowest BCUT2D eigenvalue weighted by molar-refractivity contribution is -0.116. The maximum Gasteiger partial charge on any atom is 0.225 e. The lowest BCUT2D eigenvalue weighted by Crippen LogP contribution is -2.17. The molecule has 6 heteroatoms. The molecule has 1 aromatic carbocycles. The third-order valence-electron chi connectivity index (χ3n) is 2.35. The molecule has 18 heavy (non-hydrogen) atoms. The first-order valence-corrected chi connectivity index (χ1v) is 5.46. The van der Waals surface area contributed by atoms with Crippen LogP contribution in [0.3, 0.4) is 0 Å². The molecule has 0 spiro atoms. The average Bonchev–Trinajstić information content (AvgIpc) is 2.39. The molecule has 1 aromatic rings. The van der Waals surface area contributed by atoms with Crippen LogP contribution >= 0.6 is 0 Å². The molecule has 0 bridgehead atoms. The van der Waals surface area contributed by atoms with Crippen molar-refractivity contribution in [3.63, 3.8) is 0 Å². The molecular formula is C12H18N2O4. The second-order valence-electron chi connectivity index (χ2n) is 3.49. The molecule has 0 saturated carbocycles. The van der Waals surface area contributed by atoms with E-state index < -0.39 is 0 Å². The van der Waals surface area contributed by atoms with E-state index in [0.717, 1.165) is 0 Å². The predicted octanol–water partition coefficient (Wildman–Crippen LogP) is 1.000. The van der Waals surface area contributed by atoms with Crippen molar-refractivity contribution in [1.29, 1.82) is 0 Å². The third kappa shape index (κ3) is 3.27. The number of nitrogens with two attached hydrogens (primary N) is 1. The van der Waals surface area contributed by atoms with Crippen molar-refractivity contribution >= 4 is 11.6 Å². The summed E-state index contributed by atoms with van der Waals surface area (Å²) < 4.78 is 15.5. The summed E-state index contributed by atoms with van der Waals surface area (Å²) in [7, 11) is 4.56. The van der Waals surface area contributed by atoms with Crippen LogP contribution in [0.4, 0.5) is 5.69 Å². The summed E-state index contributed by atoms with van der Waals surface area (Å²) in [6.07, 6.45) is 0.234. The van der Waals surface area contributed by atoms with E-state index in [0.29, 0.717) is 22.9 Å². The van der Waals surface area contributed by atoms with E-state index in [1.54, 1.807) is 19.2 Å². The van der Waals surface area contributed by atoms with E-state index in [9.17, 15) is 4.79 Å². The van der Waals surface area contributed by atoms with E-state index in [4.69, 9.17) is 19.9 Å². The van der Waals surface area contributed by atoms with Gasteiger partial charge in [-0.05, 0) is 0 Å². The van der Waals surface area contributed by atoms with Crippen molar-refractivity contribution in [2.45, 2.75) is 6.42 Å². The Hall–Kier alpha value is -1.95. The zero-order chi connectivity index (χ0) is 13.5. The predicted molar refractivity (Wildman–Crippen MR) is 68.4 cm³/mol. The van der Waals surface area contributed by atoms with E-state index in [1.165, 1.54) is 14.2 Å². The van der Waals surface area contributed by atoms with Crippen LogP contribution in [0.15, 0.2) is 12.1 Å². The minimum atomic E-state index is -0.195. The number of carbonyl (C=O) groups is 1. The Labute approximate surface area is 106 Å². The second-order valence-corrected chi connectivity index (χ2v) is 3.49. The van der Waals surface area contributed by atoms with Gasteiger partial charge in [-0.15, -0.1) is 0 Å². The highest BCUT2D eigenvalue weighted by atomic mass is 16.5. The number of amides is 1. The quantitative estimate of drug-likeness (QED) is 0.791. The van der Waals surface area contributed by atoms with Crippen molar-refractivity contribution in [3.05, 3.63) is 12.1 Å². The van der Waals surface area contributed by atoms with Gasteiger partial charge in [0.1, 0.15) is 22.9 Å². The van der Waals surface area contributed by atoms with E-state index in [-0.39, 0.29) is 18.9 Å². The first kappa shape index (κ1) is 14.1. The Bertz CT molecular complexity index is 396. The summed E-state index contributed by atoms with van der Waals surface area (Å²) in [5, 5.41) is 2.71. The number of hydrogen-bond donors (Lipinski definition) is 2. The molecule has 0 unspecified atom stereocenters. The van der Waals surface area contributed by atoms with Gasteiger partial charge in [-0.2, -0.15) is 0 Å². The van der Waals surface area contributed by atoms with Gasteiger partial charge in [0.15, 0.2) is 0 Å². The molecule has 0 radical (unpaired) electrons. The summed E-state index contributed by atoms with van der Waals surface area (Å²) in [6, 6.07) is 3.33. The largest absolute Gasteiger partial charge is 0.496 e. The first-order chi connectivity index (χ1) is 8.65. The lowest BCUT2D eigenvalue weighted by Gasteiger charge is -2.15. The molecule has 0 saturated heterocycles. The van der Waals surface area contributed by atoms with Crippen molar-refractivity contribution in [3.8, 4) is 17.2 Å². The molecule has 0 heterocycles. The van der Waals surface area contributed by atoms with Gasteiger partial charge in [0.05, 0.1) is 21.3 Å². The molecule has 1 rings (SSSR count). The van der Waals surface area contributed by atoms with Gasteiger partial charge < -0.3 is 25.3 Å². The summed E-state index contributed by atoms with van der Waals surface area (Å²) >= 11 is 0. The molecule has 3 N–H and O–H groups in total. The van der Waals surface area contributed by atoms with Crippen molar-refractivity contribution in [2.75, 3.05) is 33.2 Å². The highest BCUT2D eigenvalue weighted by molar-refractivity contribution is 5.94. The van der Waals surface area contributed by atoms with Crippen molar-refractivity contribution in [1.82, 2.24) is 0 Å². The van der Waals surface area contributed by atoms with Crippen LogP contribution < -0.4 is 25.3 Å². The van der Waals surface area contributed by atoms with Crippen LogP contribution in [0.1, 0.15) is 6.42 Å². The fourth-order valence-corrected chi connectivity index (χ4v) is 1.46. The molecule has 0 aromatic heterocycles. The van der Waals surface area contributed by atoms with Gasteiger partial charge in [0.2, 0.25) is 5.91 Å². The summed E-state index contributed by atoms with van der Waals surface area (Å²) in [4.78, 5) is 11.6. The van der Waals surface area contributed by atoms with Gasteiger partial charge >= 0.3 is 0 Å². The minimum Gasteiger partial charge on any atom is -0.496 e. The maximum atomic E-state index is 11.6. The highest BCUT2D eigenvalue weighted by Gasteiger charge is 2.15. The van der Waals surface area contributed by atoms with Crippen LogP contribution in [-0.2, 0) is 4.79 Å². The van der Waals surface area contributed by atoms with Crippen LogP contribution in [0.5, 0.6) is 17.2 Å². The number of ether oxygens (including phenoxy) is 3. The molecule has 0 aliphatic rings. The topological polar surface area (TPSA) is 82.8 Å². The lowest BCUT2D eigenvalue weighted by atomic mass is 10.2. The number of carbonyl (C=O) groups excluding carboxylic acids is 1. The van der Waals surface area contributed by atoms with Gasteiger partial charge in [-0.3, -0.25) is 4.79 Å². The molecule has 0 aliphatic carbocycles. The number of nitrogens with one attached hydrogen (secondary N) is 1. The van der Waals surface area contributed by atoms with E-state index in [2.05, 4.69) is 5.32 Å². The minimum absolute atomic E-state index is 0.195. The monoisotopic (exact) mass is 254 g/mol. The maximum absolute atomic E-state index is 11.6. The van der Waals surface area contributed by atoms with Gasteiger partial charge in [0, 0.05) is 25.1 Å². The second kappa shape index (κ2) is 6.70. The zero-order valence-corrected chi connectivity index (χ0v) is 10.8. The SMILES string of the molecule is COc1cc(OC)c(NC(=O)CCN)c(OC)c1. The van der Waals surface area contributed by atoms with Crippen LogP contribution in [-0.4, -0.2) is 33.8 Å². The van der Waals surface area contributed by atoms with Crippen LogP contribution in [0.25, 0.3) is 0 Å². The number of hydrogen-bond acceptors (Lipinski definition) is 5. The summed E-state index contributed by atoms with van der Waals surface area (Å²) in [5.41, 5.74) is 5.80. The number of methoxy groups -OCH3 is 3. The van der Waals surface area contributed by atoms with Crippen LogP contribution in [0, 0.1) is 0 Å². The fraction of sp³-hybridized carbons (Fsp3) is 0.417. The molecule has 0 atom stereocenters. The van der Waals surface area contributed by atoms with E-state index in [1.807, 2.05) is 0 Å². The highest BCUT2D eigenvalue weighted by Crippen LogP contribution is 2.38. The average molecular weight is 254 g/mol.